The lowest BCUT2D eigenvalue weighted by Crippen LogP contribution is -2.10. The number of hydrogen-bond acceptors (Lipinski definition) is 5. The van der Waals surface area contributed by atoms with Crippen LogP contribution in [0.4, 0.5) is 5.88 Å². The zero-order valence-electron chi connectivity index (χ0n) is 10.7. The average molecular weight is 285 g/mol. The molecule has 6 heteroatoms. The first-order valence-electron chi connectivity index (χ1n) is 5.97. The summed E-state index contributed by atoms with van der Waals surface area (Å²) in [7, 11) is 0. The molecule has 0 saturated carbocycles. The van der Waals surface area contributed by atoms with Gasteiger partial charge in [-0.1, -0.05) is 35.0 Å². The molecule has 1 aromatic carbocycles. The summed E-state index contributed by atoms with van der Waals surface area (Å²) in [5, 5.41) is 8.36. The summed E-state index contributed by atoms with van der Waals surface area (Å²) >= 11 is 1.29. The van der Waals surface area contributed by atoms with Crippen molar-refractivity contribution in [2.75, 3.05) is 5.32 Å². The van der Waals surface area contributed by atoms with Crippen molar-refractivity contribution < 1.29 is 9.32 Å². The predicted molar refractivity (Wildman–Crippen MR) is 76.7 cm³/mol. The van der Waals surface area contributed by atoms with Crippen LogP contribution >= 0.6 is 11.3 Å². The van der Waals surface area contributed by atoms with Crippen molar-refractivity contribution in [3.63, 3.8) is 0 Å². The zero-order chi connectivity index (χ0) is 13.9. The molecule has 0 aliphatic carbocycles. The van der Waals surface area contributed by atoms with Gasteiger partial charge in [-0.3, -0.25) is 10.1 Å². The fraction of sp³-hybridized carbons (Fsp3) is 0.0714. The van der Waals surface area contributed by atoms with Crippen molar-refractivity contribution in [2.45, 2.75) is 6.92 Å². The van der Waals surface area contributed by atoms with Crippen molar-refractivity contribution in [1.29, 1.82) is 0 Å². The molecule has 0 aliphatic heterocycles. The summed E-state index contributed by atoms with van der Waals surface area (Å²) in [6.07, 6.45) is 1.47. The zero-order valence-corrected chi connectivity index (χ0v) is 11.5. The predicted octanol–water partition coefficient (Wildman–Crippen LogP) is 3.36. The van der Waals surface area contributed by atoms with Gasteiger partial charge in [0.1, 0.15) is 0 Å². The molecule has 3 aromatic rings. The van der Waals surface area contributed by atoms with Crippen LogP contribution in [0, 0.1) is 6.92 Å². The van der Waals surface area contributed by atoms with Crippen molar-refractivity contribution in [2.24, 2.45) is 0 Å². The van der Waals surface area contributed by atoms with Crippen LogP contribution in [0.25, 0.3) is 11.3 Å². The fourth-order valence-corrected chi connectivity index (χ4v) is 2.40. The number of carbonyl (C=O) groups is 1. The lowest BCUT2D eigenvalue weighted by Gasteiger charge is -1.98. The first-order chi connectivity index (χ1) is 9.72. The highest BCUT2D eigenvalue weighted by atomic mass is 32.1. The van der Waals surface area contributed by atoms with Crippen LogP contribution < -0.4 is 5.32 Å². The summed E-state index contributed by atoms with van der Waals surface area (Å²) < 4.78 is 4.83. The number of rotatable bonds is 3. The molecule has 20 heavy (non-hydrogen) atoms. The molecular formula is C14H11N3O2S. The van der Waals surface area contributed by atoms with Crippen molar-refractivity contribution in [1.82, 2.24) is 10.1 Å². The molecular weight excluding hydrogens is 274 g/mol. The Morgan fingerprint density at radius 3 is 2.75 bits per heavy atom. The Morgan fingerprint density at radius 1 is 1.25 bits per heavy atom. The van der Waals surface area contributed by atoms with Gasteiger partial charge >= 0.3 is 0 Å². The topological polar surface area (TPSA) is 68.0 Å². The highest BCUT2D eigenvalue weighted by Crippen LogP contribution is 2.22. The summed E-state index contributed by atoms with van der Waals surface area (Å²) in [5.74, 6) is 0.00666. The van der Waals surface area contributed by atoms with Gasteiger partial charge in [-0.25, -0.2) is 4.98 Å². The molecule has 0 bridgehead atoms. The molecule has 0 fully saturated rings. The number of carbonyl (C=O) groups excluding carboxylic acids is 1. The molecule has 0 unspecified atom stereocenters. The van der Waals surface area contributed by atoms with E-state index < -0.39 is 0 Å². The number of aryl methyl sites for hydroxylation is 1. The van der Waals surface area contributed by atoms with Crippen LogP contribution in [0.3, 0.4) is 0 Å². The molecule has 1 N–H and O–H groups in total. The number of anilines is 1. The third-order valence-corrected chi connectivity index (χ3v) is 3.56. The van der Waals surface area contributed by atoms with E-state index in [4.69, 9.17) is 4.52 Å². The number of amides is 1. The Morgan fingerprint density at radius 2 is 2.05 bits per heavy atom. The van der Waals surface area contributed by atoms with Gasteiger partial charge in [0.05, 0.1) is 11.9 Å². The lowest BCUT2D eigenvalue weighted by molar-refractivity contribution is 0.102. The first kappa shape index (κ1) is 12.6. The van der Waals surface area contributed by atoms with Crippen molar-refractivity contribution in [3.8, 4) is 11.3 Å². The van der Waals surface area contributed by atoms with E-state index in [1.54, 1.807) is 6.07 Å². The van der Waals surface area contributed by atoms with Crippen LogP contribution in [0.15, 0.2) is 46.4 Å². The summed E-state index contributed by atoms with van der Waals surface area (Å²) in [5.41, 5.74) is 2.97. The van der Waals surface area contributed by atoms with E-state index in [0.717, 1.165) is 11.3 Å². The van der Waals surface area contributed by atoms with Crippen LogP contribution in [0.2, 0.25) is 0 Å². The van der Waals surface area contributed by atoms with Crippen LogP contribution in [-0.4, -0.2) is 16.0 Å². The minimum atomic E-state index is -0.301. The molecule has 0 atom stereocenters. The molecule has 100 valence electrons. The molecule has 5 nitrogen and oxygen atoms in total. The largest absolute Gasteiger partial charge is 0.338 e. The molecule has 2 aromatic heterocycles. The molecule has 0 spiro atoms. The number of hydrogen-bond donors (Lipinski definition) is 1. The molecule has 0 radical (unpaired) electrons. The van der Waals surface area contributed by atoms with Crippen LogP contribution in [-0.2, 0) is 0 Å². The summed E-state index contributed by atoms with van der Waals surface area (Å²) in [6, 6.07) is 9.59. The second-order valence-corrected chi connectivity index (χ2v) is 5.09. The van der Waals surface area contributed by atoms with Crippen molar-refractivity contribution in [3.05, 3.63) is 52.5 Å². The normalized spacial score (nSPS) is 10.4. The van der Waals surface area contributed by atoms with E-state index in [1.165, 1.54) is 23.1 Å². The van der Waals surface area contributed by atoms with E-state index in [-0.39, 0.29) is 5.91 Å². The van der Waals surface area contributed by atoms with E-state index >= 15 is 0 Å². The quantitative estimate of drug-likeness (QED) is 0.801. The van der Waals surface area contributed by atoms with E-state index in [0.29, 0.717) is 10.9 Å². The highest BCUT2D eigenvalue weighted by molar-refractivity contribution is 7.12. The van der Waals surface area contributed by atoms with Crippen LogP contribution in [0.1, 0.15) is 15.4 Å². The number of aromatic nitrogens is 2. The number of benzene rings is 1. The number of nitrogens with zero attached hydrogens (tertiary/aromatic N) is 2. The molecule has 0 aliphatic rings. The Kier molecular flexibility index (Phi) is 3.30. The average Bonchev–Trinajstić information content (AvgIpc) is 3.10. The van der Waals surface area contributed by atoms with Crippen molar-refractivity contribution >= 4 is 23.1 Å². The van der Waals surface area contributed by atoms with Crippen LogP contribution in [0.5, 0.6) is 0 Å². The Hall–Kier alpha value is -2.47. The van der Waals surface area contributed by atoms with Gasteiger partial charge in [-0.15, -0.1) is 11.3 Å². The fourth-order valence-electron chi connectivity index (χ4n) is 1.68. The first-order valence-corrected chi connectivity index (χ1v) is 6.85. The molecule has 0 saturated heterocycles. The van der Waals surface area contributed by atoms with Gasteiger partial charge in [0.15, 0.2) is 5.01 Å². The maximum absolute atomic E-state index is 12.0. The van der Waals surface area contributed by atoms with Gasteiger partial charge in [0.2, 0.25) is 5.88 Å². The monoisotopic (exact) mass is 285 g/mol. The van der Waals surface area contributed by atoms with Gasteiger partial charge in [0.25, 0.3) is 5.91 Å². The number of thiazole rings is 1. The molecule has 3 rings (SSSR count). The van der Waals surface area contributed by atoms with Gasteiger partial charge in [0, 0.05) is 17.0 Å². The maximum atomic E-state index is 12.0. The van der Waals surface area contributed by atoms with E-state index in [2.05, 4.69) is 15.5 Å². The summed E-state index contributed by atoms with van der Waals surface area (Å²) in [4.78, 5) is 16.3. The minimum Gasteiger partial charge on any atom is -0.338 e. The lowest BCUT2D eigenvalue weighted by atomic mass is 10.1. The second-order valence-electron chi connectivity index (χ2n) is 4.23. The third kappa shape index (κ3) is 2.60. The smallest absolute Gasteiger partial charge is 0.287 e. The highest BCUT2D eigenvalue weighted by Gasteiger charge is 2.13. The van der Waals surface area contributed by atoms with E-state index in [1.807, 2.05) is 36.6 Å². The molecule has 1 amide bonds. The van der Waals surface area contributed by atoms with E-state index in [9.17, 15) is 4.79 Å². The van der Waals surface area contributed by atoms with Gasteiger partial charge < -0.3 is 4.52 Å². The standard InChI is InChI=1S/C14H11N3O2S/c1-9-2-4-10(5-3-9)11-8-20-14(16-11)13(18)17-12-6-7-15-19-12/h2-8H,1H3,(H,17,18). The Bertz CT molecular complexity index is 717. The SMILES string of the molecule is Cc1ccc(-c2csc(C(=O)Nc3ccno3)n2)cc1. The summed E-state index contributed by atoms with van der Waals surface area (Å²) in [6.45, 7) is 2.03. The molecule has 2 heterocycles. The third-order valence-electron chi connectivity index (χ3n) is 2.72. The van der Waals surface area contributed by atoms with Gasteiger partial charge in [-0.2, -0.15) is 0 Å². The second kappa shape index (κ2) is 5.26. The maximum Gasteiger partial charge on any atom is 0.287 e. The Labute approximate surface area is 119 Å². The Balaban J connectivity index is 1.79. The van der Waals surface area contributed by atoms with Gasteiger partial charge in [-0.05, 0) is 6.92 Å². The minimum absolute atomic E-state index is 0.301. The number of nitrogens with one attached hydrogen (secondary N) is 1.